The van der Waals surface area contributed by atoms with Gasteiger partial charge in [0.2, 0.25) is 0 Å². The fraction of sp³-hybridized carbons (Fsp3) is 0.238. The molecule has 1 amide bonds. The monoisotopic (exact) mass is 393 g/mol. The number of aryl methyl sites for hydroxylation is 1. The Hall–Kier alpha value is -3.68. The number of fused-ring (bicyclic) bond motifs is 1. The van der Waals surface area contributed by atoms with Gasteiger partial charge in [-0.2, -0.15) is 0 Å². The Bertz CT molecular complexity index is 1070. The minimum atomic E-state index is -0.294. The van der Waals surface area contributed by atoms with E-state index in [1.165, 1.54) is 7.11 Å². The van der Waals surface area contributed by atoms with E-state index in [2.05, 4.69) is 15.0 Å². The molecular formula is C21H23N5O3. The summed E-state index contributed by atoms with van der Waals surface area (Å²) in [6.45, 7) is 0.391. The molecule has 0 unspecified atom stereocenters. The zero-order valence-corrected chi connectivity index (χ0v) is 16.4. The molecule has 0 bridgehead atoms. The number of benzene rings is 2. The van der Waals surface area contributed by atoms with Gasteiger partial charge in [-0.3, -0.25) is 15.0 Å². The highest BCUT2D eigenvalue weighted by Gasteiger charge is 2.13. The predicted molar refractivity (Wildman–Crippen MR) is 111 cm³/mol. The summed E-state index contributed by atoms with van der Waals surface area (Å²) in [7, 11) is 3.26. The highest BCUT2D eigenvalue weighted by Crippen LogP contribution is 2.24. The highest BCUT2D eigenvalue weighted by molar-refractivity contribution is 5.98. The van der Waals surface area contributed by atoms with E-state index in [-0.39, 0.29) is 24.1 Å². The number of nitrogen functional groups attached to an aromatic ring is 1. The molecule has 2 aromatic carbocycles. The molecule has 0 aliphatic carbocycles. The van der Waals surface area contributed by atoms with E-state index in [1.54, 1.807) is 24.3 Å². The number of hydrogen-bond acceptors (Lipinski definition) is 5. The number of rotatable bonds is 7. The molecule has 0 spiro atoms. The summed E-state index contributed by atoms with van der Waals surface area (Å²) < 4.78 is 6.53. The van der Waals surface area contributed by atoms with Gasteiger partial charge in [0, 0.05) is 36.7 Å². The van der Waals surface area contributed by atoms with E-state index >= 15 is 0 Å². The number of amides is 1. The number of nitrogens with one attached hydrogen (secondary N) is 2. The number of amidine groups is 1. The number of imidazole rings is 1. The van der Waals surface area contributed by atoms with Gasteiger partial charge >= 0.3 is 5.97 Å². The molecule has 1 aromatic heterocycles. The van der Waals surface area contributed by atoms with Crippen LogP contribution in [0.5, 0.6) is 0 Å². The Morgan fingerprint density at radius 1 is 1.17 bits per heavy atom. The molecule has 0 saturated heterocycles. The quantitative estimate of drug-likeness (QED) is 0.246. The molecule has 0 aliphatic rings. The molecule has 1 heterocycles. The number of methoxy groups -OCH3 is 1. The first-order chi connectivity index (χ1) is 13.9. The summed E-state index contributed by atoms with van der Waals surface area (Å²) in [5, 5.41) is 10.3. The normalized spacial score (nSPS) is 10.7. The van der Waals surface area contributed by atoms with Crippen molar-refractivity contribution in [3.05, 3.63) is 53.6 Å². The Balaban J connectivity index is 1.77. The van der Waals surface area contributed by atoms with Crippen LogP contribution >= 0.6 is 0 Å². The van der Waals surface area contributed by atoms with Crippen molar-refractivity contribution in [3.63, 3.8) is 0 Å². The van der Waals surface area contributed by atoms with Crippen molar-refractivity contribution >= 4 is 28.7 Å². The maximum atomic E-state index is 12.4. The maximum absolute atomic E-state index is 12.4. The van der Waals surface area contributed by atoms with Crippen molar-refractivity contribution in [1.29, 1.82) is 5.41 Å². The lowest BCUT2D eigenvalue weighted by atomic mass is 10.1. The van der Waals surface area contributed by atoms with Crippen molar-refractivity contribution in [3.8, 4) is 11.4 Å². The third-order valence-electron chi connectivity index (χ3n) is 4.67. The van der Waals surface area contributed by atoms with Crippen molar-refractivity contribution in [2.24, 2.45) is 12.8 Å². The summed E-state index contributed by atoms with van der Waals surface area (Å²) in [6, 6.07) is 12.7. The average Bonchev–Trinajstić information content (AvgIpc) is 3.06. The van der Waals surface area contributed by atoms with E-state index in [1.807, 2.05) is 29.8 Å². The fourth-order valence-corrected chi connectivity index (χ4v) is 3.04. The van der Waals surface area contributed by atoms with Gasteiger partial charge in [0.25, 0.3) is 5.91 Å². The molecule has 3 aromatic rings. The largest absolute Gasteiger partial charge is 0.469 e. The second-order valence-corrected chi connectivity index (χ2v) is 6.62. The topological polar surface area (TPSA) is 123 Å². The first kappa shape index (κ1) is 20.1. The Kier molecular flexibility index (Phi) is 5.92. The molecule has 0 saturated carbocycles. The van der Waals surface area contributed by atoms with Gasteiger partial charge in [-0.1, -0.05) is 24.3 Å². The second-order valence-electron chi connectivity index (χ2n) is 6.62. The molecular weight excluding hydrogens is 370 g/mol. The summed E-state index contributed by atoms with van der Waals surface area (Å²) in [5.41, 5.74) is 9.16. The van der Waals surface area contributed by atoms with Gasteiger partial charge in [0.05, 0.1) is 18.1 Å². The first-order valence-corrected chi connectivity index (χ1v) is 9.17. The number of carbonyl (C=O) groups excluding carboxylic acids is 2. The van der Waals surface area contributed by atoms with Crippen LogP contribution in [0, 0.1) is 5.41 Å². The van der Waals surface area contributed by atoms with Crippen LogP contribution in [0.3, 0.4) is 0 Å². The summed E-state index contributed by atoms with van der Waals surface area (Å²) in [4.78, 5) is 28.2. The standard InChI is InChI=1S/C21H23N5O3/c1-26-17-10-9-15(21(28)24-11-3-4-18(27)29-2)12-16(17)25-20(26)14-7-5-13(6-8-14)19(22)23/h5-10,12H,3-4,11H2,1-2H3,(H3,22,23)(H,24,28). The zero-order valence-electron chi connectivity index (χ0n) is 16.4. The lowest BCUT2D eigenvalue weighted by Crippen LogP contribution is -2.24. The van der Waals surface area contributed by atoms with Crippen LogP contribution < -0.4 is 11.1 Å². The first-order valence-electron chi connectivity index (χ1n) is 9.17. The molecule has 150 valence electrons. The van der Waals surface area contributed by atoms with Gasteiger partial charge < -0.3 is 20.4 Å². The van der Waals surface area contributed by atoms with Crippen LogP contribution in [0.1, 0.15) is 28.8 Å². The van der Waals surface area contributed by atoms with Gasteiger partial charge in [0.15, 0.2) is 0 Å². The molecule has 0 fully saturated rings. The van der Waals surface area contributed by atoms with Crippen LogP contribution in [0.15, 0.2) is 42.5 Å². The number of esters is 1. The summed E-state index contributed by atoms with van der Waals surface area (Å²) in [5.74, 6) is 0.266. The van der Waals surface area contributed by atoms with Gasteiger partial charge in [-0.05, 0) is 24.6 Å². The van der Waals surface area contributed by atoms with Crippen LogP contribution in [0.25, 0.3) is 22.4 Å². The van der Waals surface area contributed by atoms with Crippen molar-refractivity contribution in [1.82, 2.24) is 14.9 Å². The number of nitrogens with two attached hydrogens (primary N) is 1. The zero-order chi connectivity index (χ0) is 21.0. The van der Waals surface area contributed by atoms with Gasteiger partial charge in [-0.25, -0.2) is 4.98 Å². The molecule has 0 radical (unpaired) electrons. The molecule has 29 heavy (non-hydrogen) atoms. The van der Waals surface area contributed by atoms with E-state index in [4.69, 9.17) is 11.1 Å². The lowest BCUT2D eigenvalue weighted by molar-refractivity contribution is -0.140. The lowest BCUT2D eigenvalue weighted by Gasteiger charge is -2.05. The minimum absolute atomic E-state index is 0.0174. The van der Waals surface area contributed by atoms with Crippen LogP contribution in [0.2, 0.25) is 0 Å². The molecule has 8 heteroatoms. The number of nitrogens with zero attached hydrogens (tertiary/aromatic N) is 2. The number of aromatic nitrogens is 2. The van der Waals surface area contributed by atoms with E-state index < -0.39 is 0 Å². The Morgan fingerprint density at radius 3 is 2.52 bits per heavy atom. The molecule has 0 aliphatic heterocycles. The second kappa shape index (κ2) is 8.55. The third-order valence-corrected chi connectivity index (χ3v) is 4.67. The maximum Gasteiger partial charge on any atom is 0.305 e. The van der Waals surface area contributed by atoms with Gasteiger partial charge in [0.1, 0.15) is 11.7 Å². The number of carbonyl (C=O) groups is 2. The van der Waals surface area contributed by atoms with Crippen LogP contribution in [0.4, 0.5) is 0 Å². The van der Waals surface area contributed by atoms with E-state index in [0.29, 0.717) is 29.6 Å². The predicted octanol–water partition coefficient (Wildman–Crippen LogP) is 2.21. The number of hydrogen-bond donors (Lipinski definition) is 3. The summed E-state index contributed by atoms with van der Waals surface area (Å²) in [6.07, 6.45) is 0.784. The van der Waals surface area contributed by atoms with Crippen molar-refractivity contribution < 1.29 is 14.3 Å². The van der Waals surface area contributed by atoms with Crippen LogP contribution in [-0.2, 0) is 16.6 Å². The smallest absolute Gasteiger partial charge is 0.305 e. The SMILES string of the molecule is COC(=O)CCCNC(=O)c1ccc2c(c1)nc(-c1ccc(C(=N)N)cc1)n2C. The Morgan fingerprint density at radius 2 is 1.86 bits per heavy atom. The minimum Gasteiger partial charge on any atom is -0.469 e. The highest BCUT2D eigenvalue weighted by atomic mass is 16.5. The van der Waals surface area contributed by atoms with Crippen molar-refractivity contribution in [2.45, 2.75) is 12.8 Å². The molecule has 8 nitrogen and oxygen atoms in total. The van der Waals surface area contributed by atoms with E-state index in [9.17, 15) is 9.59 Å². The molecule has 3 rings (SSSR count). The number of ether oxygens (including phenoxy) is 1. The van der Waals surface area contributed by atoms with Gasteiger partial charge in [-0.15, -0.1) is 0 Å². The molecule has 0 atom stereocenters. The fourth-order valence-electron chi connectivity index (χ4n) is 3.04. The third kappa shape index (κ3) is 4.43. The Labute approximate surface area is 168 Å². The van der Waals surface area contributed by atoms with Crippen molar-refractivity contribution in [2.75, 3.05) is 13.7 Å². The summed E-state index contributed by atoms with van der Waals surface area (Å²) >= 11 is 0. The van der Waals surface area contributed by atoms with E-state index in [0.717, 1.165) is 16.9 Å². The molecule has 4 N–H and O–H groups in total. The average molecular weight is 393 g/mol. The van der Waals surface area contributed by atoms with Crippen LogP contribution in [-0.4, -0.2) is 40.9 Å².